The molecule has 1 aromatic rings. The molecule has 4 bridgehead atoms. The summed E-state index contributed by atoms with van der Waals surface area (Å²) in [5, 5.41) is 14.1. The van der Waals surface area contributed by atoms with Crippen molar-refractivity contribution >= 4 is 15.9 Å². The Balaban J connectivity index is 1.39. The lowest BCUT2D eigenvalue weighted by molar-refractivity contribution is -0.150. The van der Waals surface area contributed by atoms with Gasteiger partial charge in [0.1, 0.15) is 5.54 Å². The third kappa shape index (κ3) is 3.63. The van der Waals surface area contributed by atoms with Gasteiger partial charge in [0.15, 0.2) is 11.5 Å². The molecule has 6 rings (SSSR count). The number of sulfonamides is 1. The maximum atomic E-state index is 13.6. The maximum absolute atomic E-state index is 13.6. The van der Waals surface area contributed by atoms with E-state index < -0.39 is 21.2 Å². The van der Waals surface area contributed by atoms with Gasteiger partial charge in [-0.15, -0.1) is 0 Å². The summed E-state index contributed by atoms with van der Waals surface area (Å²) in [4.78, 5) is 13.7. The van der Waals surface area contributed by atoms with Crippen molar-refractivity contribution in [2.45, 2.75) is 73.9 Å². The molecule has 33 heavy (non-hydrogen) atoms. The fourth-order valence-corrected chi connectivity index (χ4v) is 9.00. The average molecular weight is 479 g/mol. The summed E-state index contributed by atoms with van der Waals surface area (Å²) in [5.74, 6) is 1.63. The second kappa shape index (κ2) is 7.85. The van der Waals surface area contributed by atoms with E-state index in [9.17, 15) is 18.3 Å². The summed E-state index contributed by atoms with van der Waals surface area (Å²) < 4.78 is 39.1. The summed E-state index contributed by atoms with van der Waals surface area (Å²) in [7, 11) is -0.965. The van der Waals surface area contributed by atoms with Crippen LogP contribution in [0.4, 0.5) is 0 Å². The topological polar surface area (TPSA) is 105 Å². The molecule has 5 fully saturated rings. The molecule has 5 aliphatic rings. The minimum atomic E-state index is -3.92. The van der Waals surface area contributed by atoms with E-state index in [0.29, 0.717) is 36.8 Å². The molecule has 4 aliphatic carbocycles. The van der Waals surface area contributed by atoms with E-state index in [2.05, 4.69) is 5.32 Å². The molecule has 2 unspecified atom stereocenters. The predicted molar refractivity (Wildman–Crippen MR) is 122 cm³/mol. The fraction of sp³-hybridized carbons (Fsp3) is 0.708. The molecule has 8 nitrogen and oxygen atoms in total. The number of nitrogens with one attached hydrogen (secondary N) is 1. The molecule has 2 N–H and O–H groups in total. The lowest BCUT2D eigenvalue weighted by Gasteiger charge is -2.58. The highest BCUT2D eigenvalue weighted by Gasteiger charge is 2.57. The van der Waals surface area contributed by atoms with Crippen molar-refractivity contribution in [2.75, 3.05) is 20.8 Å². The summed E-state index contributed by atoms with van der Waals surface area (Å²) in [5.41, 5.74) is -1.73. The number of methoxy groups -OCH3 is 2. The molecule has 3 atom stereocenters. The Morgan fingerprint density at radius 1 is 1.12 bits per heavy atom. The SMILES string of the molecule is COc1ccc(S(=O)(=O)N2CCC[C@]2(C)C(=O)NC2C3CC4CC2CC(O)(C4)C3)cc1OC. The van der Waals surface area contributed by atoms with Crippen LogP contribution in [0.1, 0.15) is 51.9 Å². The highest BCUT2D eigenvalue weighted by Crippen LogP contribution is 2.55. The number of hydrogen-bond acceptors (Lipinski definition) is 6. The first-order valence-electron chi connectivity index (χ1n) is 11.9. The van der Waals surface area contributed by atoms with E-state index in [0.717, 1.165) is 32.1 Å². The van der Waals surface area contributed by atoms with E-state index >= 15 is 0 Å². The second-order valence-electron chi connectivity index (χ2n) is 10.7. The van der Waals surface area contributed by atoms with E-state index in [1.807, 2.05) is 0 Å². The second-order valence-corrected chi connectivity index (χ2v) is 12.5. The van der Waals surface area contributed by atoms with Gasteiger partial charge in [-0.3, -0.25) is 4.79 Å². The molecular formula is C24H34N2O6S. The zero-order valence-corrected chi connectivity index (χ0v) is 20.4. The minimum absolute atomic E-state index is 0.0115. The summed E-state index contributed by atoms with van der Waals surface area (Å²) in [6.07, 6.45) is 5.51. The normalized spacial score (nSPS) is 37.8. The number of aliphatic hydroxyl groups is 1. The molecule has 4 saturated carbocycles. The Morgan fingerprint density at radius 2 is 1.79 bits per heavy atom. The van der Waals surface area contributed by atoms with E-state index in [-0.39, 0.29) is 28.7 Å². The third-order valence-electron chi connectivity index (χ3n) is 8.55. The smallest absolute Gasteiger partial charge is 0.244 e. The lowest BCUT2D eigenvalue weighted by Crippen LogP contribution is -2.65. The Morgan fingerprint density at radius 3 is 2.39 bits per heavy atom. The molecule has 1 amide bonds. The highest BCUT2D eigenvalue weighted by atomic mass is 32.2. The zero-order chi connectivity index (χ0) is 23.6. The van der Waals surface area contributed by atoms with Crippen molar-refractivity contribution in [3.63, 3.8) is 0 Å². The van der Waals surface area contributed by atoms with Crippen LogP contribution in [0, 0.1) is 17.8 Å². The quantitative estimate of drug-likeness (QED) is 0.650. The minimum Gasteiger partial charge on any atom is -0.493 e. The van der Waals surface area contributed by atoms with Crippen molar-refractivity contribution in [2.24, 2.45) is 17.8 Å². The molecule has 1 aromatic carbocycles. The van der Waals surface area contributed by atoms with Gasteiger partial charge in [0.2, 0.25) is 15.9 Å². The van der Waals surface area contributed by atoms with Crippen LogP contribution in [-0.4, -0.2) is 61.7 Å². The number of amides is 1. The van der Waals surface area contributed by atoms with Gasteiger partial charge >= 0.3 is 0 Å². The number of ether oxygens (including phenoxy) is 2. The predicted octanol–water partition coefficient (Wildman–Crippen LogP) is 2.30. The standard InChI is InChI=1S/C24H34N2O6S/c1-23(22(27)25-21-16-9-15-10-17(21)14-24(28,12-15)13-16)7-4-8-26(23)33(29,30)18-5-6-19(31-2)20(11-18)32-3/h5-6,11,15-17,21,28H,4,7-10,12-14H2,1-3H3,(H,25,27)/t15?,16?,17?,21?,23-,24?/m1/s1. The van der Waals surface area contributed by atoms with Gasteiger partial charge in [-0.2, -0.15) is 4.31 Å². The van der Waals surface area contributed by atoms with E-state index in [1.165, 1.54) is 30.7 Å². The number of hydrogen-bond donors (Lipinski definition) is 2. The molecule has 1 aliphatic heterocycles. The first kappa shape index (κ1) is 22.9. The van der Waals surface area contributed by atoms with Crippen molar-refractivity contribution in [3.8, 4) is 11.5 Å². The number of nitrogens with zero attached hydrogens (tertiary/aromatic N) is 1. The van der Waals surface area contributed by atoms with Crippen molar-refractivity contribution in [3.05, 3.63) is 18.2 Å². The molecule has 9 heteroatoms. The fourth-order valence-electron chi connectivity index (χ4n) is 7.18. The van der Waals surface area contributed by atoms with Gasteiger partial charge in [-0.1, -0.05) is 0 Å². The first-order valence-corrected chi connectivity index (χ1v) is 13.3. The highest BCUT2D eigenvalue weighted by molar-refractivity contribution is 7.89. The Bertz CT molecular complexity index is 1040. The number of benzene rings is 1. The molecule has 0 radical (unpaired) electrons. The van der Waals surface area contributed by atoms with Crippen LogP contribution in [-0.2, 0) is 14.8 Å². The molecule has 1 saturated heterocycles. The van der Waals surface area contributed by atoms with Gasteiger partial charge in [-0.25, -0.2) is 8.42 Å². The van der Waals surface area contributed by atoms with Crippen LogP contribution >= 0.6 is 0 Å². The largest absolute Gasteiger partial charge is 0.493 e. The maximum Gasteiger partial charge on any atom is 0.244 e. The molecule has 1 heterocycles. The summed E-state index contributed by atoms with van der Waals surface area (Å²) in [6.45, 7) is 2.02. The van der Waals surface area contributed by atoms with Crippen LogP contribution in [0.5, 0.6) is 11.5 Å². The Kier molecular flexibility index (Phi) is 5.45. The van der Waals surface area contributed by atoms with Gasteiger partial charge in [-0.05, 0) is 81.8 Å². The number of carbonyl (C=O) groups excluding carboxylic acids is 1. The molecular weight excluding hydrogens is 444 g/mol. The summed E-state index contributed by atoms with van der Waals surface area (Å²) in [6, 6.07) is 4.52. The van der Waals surface area contributed by atoms with Crippen LogP contribution in [0.3, 0.4) is 0 Å². The third-order valence-corrected chi connectivity index (χ3v) is 10.6. The number of carbonyl (C=O) groups is 1. The molecule has 182 valence electrons. The monoisotopic (exact) mass is 478 g/mol. The zero-order valence-electron chi connectivity index (χ0n) is 19.5. The molecule has 0 aromatic heterocycles. The van der Waals surface area contributed by atoms with Gasteiger partial charge < -0.3 is 19.9 Å². The Hall–Kier alpha value is -1.84. The van der Waals surface area contributed by atoms with Gasteiger partial charge in [0, 0.05) is 18.7 Å². The summed E-state index contributed by atoms with van der Waals surface area (Å²) >= 11 is 0. The van der Waals surface area contributed by atoms with Crippen molar-refractivity contribution in [1.82, 2.24) is 9.62 Å². The van der Waals surface area contributed by atoms with E-state index in [4.69, 9.17) is 9.47 Å². The average Bonchev–Trinajstić information content (AvgIpc) is 3.18. The lowest BCUT2D eigenvalue weighted by atomic mass is 9.52. The van der Waals surface area contributed by atoms with Gasteiger partial charge in [0.25, 0.3) is 0 Å². The van der Waals surface area contributed by atoms with Crippen LogP contribution < -0.4 is 14.8 Å². The Labute approximate surface area is 195 Å². The first-order chi connectivity index (χ1) is 15.6. The van der Waals surface area contributed by atoms with Crippen molar-refractivity contribution in [1.29, 1.82) is 0 Å². The number of rotatable bonds is 6. The van der Waals surface area contributed by atoms with Crippen LogP contribution in [0.2, 0.25) is 0 Å². The van der Waals surface area contributed by atoms with Crippen molar-refractivity contribution < 1.29 is 27.8 Å². The van der Waals surface area contributed by atoms with Crippen LogP contribution in [0.25, 0.3) is 0 Å². The van der Waals surface area contributed by atoms with E-state index in [1.54, 1.807) is 13.0 Å². The molecule has 0 spiro atoms. The van der Waals surface area contributed by atoms with Crippen LogP contribution in [0.15, 0.2) is 23.1 Å². The van der Waals surface area contributed by atoms with Gasteiger partial charge in [0.05, 0.1) is 24.7 Å².